The van der Waals surface area contributed by atoms with E-state index >= 15 is 0 Å². The molecule has 134 valence electrons. The van der Waals surface area contributed by atoms with Crippen LogP contribution in [0.5, 0.6) is 0 Å². The van der Waals surface area contributed by atoms with Gasteiger partial charge in [0.05, 0.1) is 5.69 Å². The molecule has 0 atom stereocenters. The van der Waals surface area contributed by atoms with Gasteiger partial charge in [0.2, 0.25) is 5.91 Å². The number of anilines is 1. The van der Waals surface area contributed by atoms with Crippen LogP contribution >= 0.6 is 11.3 Å². The Bertz CT molecular complexity index is 828. The van der Waals surface area contributed by atoms with Gasteiger partial charge in [0.1, 0.15) is 6.54 Å². The number of nitrogens with zero attached hydrogens (tertiary/aromatic N) is 2. The van der Waals surface area contributed by atoms with Crippen LogP contribution in [0.1, 0.15) is 31.7 Å². The molecule has 26 heavy (non-hydrogen) atoms. The predicted molar refractivity (Wildman–Crippen MR) is 106 cm³/mol. The quantitative estimate of drug-likeness (QED) is 0.472. The molecule has 2 heterocycles. The highest BCUT2D eigenvalue weighted by atomic mass is 32.1. The molecule has 0 aliphatic rings. The summed E-state index contributed by atoms with van der Waals surface area (Å²) in [5, 5.41) is 5.57. The largest absolute Gasteiger partial charge is 0.302 e. The number of nitrogens with one attached hydrogen (secondary N) is 1. The smallest absolute Gasteiger partial charge is 0.226 e. The highest BCUT2D eigenvalue weighted by molar-refractivity contribution is 7.14. The van der Waals surface area contributed by atoms with E-state index in [1.54, 1.807) is 0 Å². The molecule has 1 aromatic carbocycles. The van der Waals surface area contributed by atoms with E-state index in [1.165, 1.54) is 16.9 Å². The lowest BCUT2D eigenvalue weighted by molar-refractivity contribution is -0.697. The highest BCUT2D eigenvalue weighted by Gasteiger charge is 2.08. The maximum Gasteiger partial charge on any atom is 0.226 e. The van der Waals surface area contributed by atoms with E-state index in [9.17, 15) is 4.79 Å². The number of hydrogen-bond acceptors (Lipinski definition) is 3. The van der Waals surface area contributed by atoms with Crippen molar-refractivity contribution >= 4 is 22.4 Å². The average molecular weight is 367 g/mol. The second-order valence-electron chi connectivity index (χ2n) is 6.21. The van der Waals surface area contributed by atoms with E-state index in [4.69, 9.17) is 0 Å². The number of carbonyl (C=O) groups is 1. The number of aromatic nitrogens is 2. The summed E-state index contributed by atoms with van der Waals surface area (Å²) in [6.07, 6.45) is 7.49. The van der Waals surface area contributed by atoms with Crippen molar-refractivity contribution in [1.82, 2.24) is 4.98 Å². The molecule has 1 N–H and O–H groups in total. The molecule has 0 fully saturated rings. The van der Waals surface area contributed by atoms with Gasteiger partial charge >= 0.3 is 0 Å². The first-order valence-electron chi connectivity index (χ1n) is 9.03. The number of hydrogen-bond donors (Lipinski definition) is 1. The molecule has 2 aromatic heterocycles. The molecule has 0 spiro atoms. The third-order valence-corrected chi connectivity index (χ3v) is 5.01. The molecule has 3 rings (SSSR count). The van der Waals surface area contributed by atoms with Gasteiger partial charge in [-0.3, -0.25) is 4.79 Å². The molecule has 0 radical (unpaired) electrons. The first-order chi connectivity index (χ1) is 12.7. The molecule has 3 aromatic rings. The molecule has 1 amide bonds. The fourth-order valence-corrected chi connectivity index (χ4v) is 3.46. The molecule has 0 aliphatic carbocycles. The Hall–Kier alpha value is -2.53. The van der Waals surface area contributed by atoms with Gasteiger partial charge in [-0.05, 0) is 18.4 Å². The fourth-order valence-electron chi connectivity index (χ4n) is 2.72. The minimum atomic E-state index is 0.0327. The average Bonchev–Trinajstić information content (AvgIpc) is 3.14. The number of unbranched alkanes of at least 4 members (excludes halogenated alkanes) is 1. The second-order valence-corrected chi connectivity index (χ2v) is 7.07. The molecular weight excluding hydrogens is 342 g/mol. The van der Waals surface area contributed by atoms with E-state index in [1.807, 2.05) is 36.0 Å². The first kappa shape index (κ1) is 18.3. The van der Waals surface area contributed by atoms with Gasteiger partial charge < -0.3 is 5.32 Å². The van der Waals surface area contributed by atoms with E-state index in [0.29, 0.717) is 11.6 Å². The van der Waals surface area contributed by atoms with Crippen molar-refractivity contribution in [2.75, 3.05) is 5.32 Å². The van der Waals surface area contributed by atoms with E-state index in [0.717, 1.165) is 37.1 Å². The lowest BCUT2D eigenvalue weighted by atomic mass is 10.1. The van der Waals surface area contributed by atoms with Crippen LogP contribution in [0.3, 0.4) is 0 Å². The Kier molecular flexibility index (Phi) is 6.50. The number of aryl methyl sites for hydroxylation is 2. The second kappa shape index (κ2) is 9.25. The number of rotatable bonds is 8. The normalized spacial score (nSPS) is 10.7. The predicted octanol–water partition coefficient (Wildman–Crippen LogP) is 4.47. The third-order valence-electron chi connectivity index (χ3n) is 4.26. The van der Waals surface area contributed by atoms with Gasteiger partial charge in [0, 0.05) is 35.9 Å². The Labute approximate surface area is 158 Å². The Morgan fingerprint density at radius 3 is 2.62 bits per heavy atom. The van der Waals surface area contributed by atoms with Crippen molar-refractivity contribution in [2.24, 2.45) is 0 Å². The summed E-state index contributed by atoms with van der Waals surface area (Å²) >= 11 is 1.47. The Morgan fingerprint density at radius 2 is 1.88 bits per heavy atom. The van der Waals surface area contributed by atoms with E-state index < -0.39 is 0 Å². The van der Waals surface area contributed by atoms with Gasteiger partial charge in [0.25, 0.3) is 0 Å². The van der Waals surface area contributed by atoms with E-state index in [2.05, 4.69) is 46.1 Å². The SMILES string of the molecule is CCc1ccc(-c2csc(NC(=O)CCCC[n+]3ccccc3)n2)cc1. The van der Waals surface area contributed by atoms with Crippen molar-refractivity contribution in [1.29, 1.82) is 0 Å². The molecule has 0 saturated carbocycles. The minimum Gasteiger partial charge on any atom is -0.302 e. The van der Waals surface area contributed by atoms with Crippen LogP contribution in [0.25, 0.3) is 11.3 Å². The van der Waals surface area contributed by atoms with Crippen molar-refractivity contribution in [3.8, 4) is 11.3 Å². The van der Waals surface area contributed by atoms with Crippen molar-refractivity contribution in [2.45, 2.75) is 39.2 Å². The number of pyridine rings is 1. The molecule has 4 nitrogen and oxygen atoms in total. The Morgan fingerprint density at radius 1 is 1.12 bits per heavy atom. The first-order valence-corrected chi connectivity index (χ1v) is 9.91. The van der Waals surface area contributed by atoms with Crippen molar-refractivity contribution < 1.29 is 9.36 Å². The summed E-state index contributed by atoms with van der Waals surface area (Å²) in [4.78, 5) is 16.6. The molecule has 0 bridgehead atoms. The zero-order valence-electron chi connectivity index (χ0n) is 15.0. The number of carbonyl (C=O) groups excluding carboxylic acids is 1. The van der Waals surface area contributed by atoms with E-state index in [-0.39, 0.29) is 5.91 Å². The van der Waals surface area contributed by atoms with Gasteiger partial charge in [-0.1, -0.05) is 37.3 Å². The number of benzene rings is 1. The molecule has 0 aliphatic heterocycles. The summed E-state index contributed by atoms with van der Waals surface area (Å²) < 4.78 is 2.13. The lowest BCUT2D eigenvalue weighted by Crippen LogP contribution is -2.32. The van der Waals surface area contributed by atoms with Crippen LogP contribution in [0.4, 0.5) is 5.13 Å². The minimum absolute atomic E-state index is 0.0327. The van der Waals surface area contributed by atoms with Crippen LogP contribution < -0.4 is 9.88 Å². The van der Waals surface area contributed by atoms with Crippen LogP contribution in [0.15, 0.2) is 60.2 Å². The van der Waals surface area contributed by atoms with Crippen LogP contribution in [0.2, 0.25) is 0 Å². The summed E-state index contributed by atoms with van der Waals surface area (Å²) in [5.41, 5.74) is 3.30. The zero-order chi connectivity index (χ0) is 18.2. The molecule has 5 heteroatoms. The molecular formula is C21H24N3OS+. The van der Waals surface area contributed by atoms with Gasteiger partial charge in [0.15, 0.2) is 17.5 Å². The zero-order valence-corrected chi connectivity index (χ0v) is 15.8. The summed E-state index contributed by atoms with van der Waals surface area (Å²) in [7, 11) is 0. The van der Waals surface area contributed by atoms with Crippen LogP contribution in [-0.4, -0.2) is 10.9 Å². The molecule has 0 saturated heterocycles. The maximum atomic E-state index is 12.1. The van der Waals surface area contributed by atoms with Crippen LogP contribution in [-0.2, 0) is 17.8 Å². The van der Waals surface area contributed by atoms with Crippen LogP contribution in [0, 0.1) is 0 Å². The molecule has 0 unspecified atom stereocenters. The third kappa shape index (κ3) is 5.23. The fraction of sp³-hybridized carbons (Fsp3) is 0.286. The van der Waals surface area contributed by atoms with Crippen molar-refractivity contribution in [3.63, 3.8) is 0 Å². The van der Waals surface area contributed by atoms with Gasteiger partial charge in [-0.15, -0.1) is 11.3 Å². The Balaban J connectivity index is 1.45. The topological polar surface area (TPSA) is 45.9 Å². The van der Waals surface area contributed by atoms with Crippen molar-refractivity contribution in [3.05, 3.63) is 65.8 Å². The van der Waals surface area contributed by atoms with Gasteiger partial charge in [-0.2, -0.15) is 0 Å². The maximum absolute atomic E-state index is 12.1. The lowest BCUT2D eigenvalue weighted by Gasteiger charge is -2.01. The van der Waals surface area contributed by atoms with Gasteiger partial charge in [-0.25, -0.2) is 9.55 Å². The number of amides is 1. The summed E-state index contributed by atoms with van der Waals surface area (Å²) in [6, 6.07) is 14.5. The standard InChI is InChI=1S/C21H23N3OS/c1-2-17-9-11-18(12-10-17)19-16-26-21(22-19)23-20(25)8-4-7-15-24-13-5-3-6-14-24/h3,5-6,9-14,16H,2,4,7-8,15H2,1H3/p+1. The summed E-state index contributed by atoms with van der Waals surface area (Å²) in [6.45, 7) is 3.08. The monoisotopic (exact) mass is 366 g/mol. The summed E-state index contributed by atoms with van der Waals surface area (Å²) in [5.74, 6) is 0.0327. The highest BCUT2D eigenvalue weighted by Crippen LogP contribution is 2.25. The number of thiazole rings is 1.